The lowest BCUT2D eigenvalue weighted by molar-refractivity contribution is -0.137. The van der Waals surface area contributed by atoms with Gasteiger partial charge in [0.2, 0.25) is 5.43 Å². The summed E-state index contributed by atoms with van der Waals surface area (Å²) in [4.78, 5) is 29.2. The van der Waals surface area contributed by atoms with E-state index in [0.717, 1.165) is 28.1 Å². The van der Waals surface area contributed by atoms with Crippen molar-refractivity contribution in [2.75, 3.05) is 0 Å². The third kappa shape index (κ3) is 4.72. The summed E-state index contributed by atoms with van der Waals surface area (Å²) in [6, 6.07) is 12.4. The molecule has 1 amide bonds. The minimum Gasteiger partial charge on any atom is -0.344 e. The van der Waals surface area contributed by atoms with Gasteiger partial charge in [-0.15, -0.1) is 0 Å². The van der Waals surface area contributed by atoms with E-state index in [1.165, 1.54) is 31.5 Å². The number of benzene rings is 2. The highest BCUT2D eigenvalue weighted by molar-refractivity contribution is 5.92. The summed E-state index contributed by atoms with van der Waals surface area (Å²) in [7, 11) is 0. The zero-order valence-electron chi connectivity index (χ0n) is 18.1. The van der Waals surface area contributed by atoms with Gasteiger partial charge < -0.3 is 5.32 Å². The van der Waals surface area contributed by atoms with Crippen LogP contribution in [0.3, 0.4) is 0 Å². The first-order valence-corrected chi connectivity index (χ1v) is 10.2. The Balaban J connectivity index is 1.58. The van der Waals surface area contributed by atoms with Crippen LogP contribution in [0.15, 0.2) is 72.0 Å². The van der Waals surface area contributed by atoms with Gasteiger partial charge in [0.25, 0.3) is 5.91 Å². The van der Waals surface area contributed by atoms with E-state index >= 15 is 0 Å². The molecule has 11 heteroatoms. The van der Waals surface area contributed by atoms with Gasteiger partial charge in [0.15, 0.2) is 5.69 Å². The van der Waals surface area contributed by atoms with E-state index in [9.17, 15) is 22.8 Å². The zero-order valence-corrected chi connectivity index (χ0v) is 18.1. The van der Waals surface area contributed by atoms with E-state index in [-0.39, 0.29) is 11.4 Å². The summed E-state index contributed by atoms with van der Waals surface area (Å²) in [5, 5.41) is 10.8. The minimum atomic E-state index is -4.54. The number of hydrogen-bond donors (Lipinski definition) is 1. The molecule has 0 bridgehead atoms. The molecule has 0 saturated carbocycles. The molecule has 1 unspecified atom stereocenters. The topological polar surface area (TPSA) is 94.7 Å². The fourth-order valence-electron chi connectivity index (χ4n) is 3.39. The molecular formula is C23H19F3N6O2. The van der Waals surface area contributed by atoms with Gasteiger partial charge in [-0.1, -0.05) is 18.2 Å². The lowest BCUT2D eigenvalue weighted by atomic mass is 10.1. The summed E-state index contributed by atoms with van der Waals surface area (Å²) in [5.41, 5.74) is 0.00199. The summed E-state index contributed by atoms with van der Waals surface area (Å²) in [5.74, 6) is -0.737. The third-order valence-corrected chi connectivity index (χ3v) is 5.16. The van der Waals surface area contributed by atoms with Crippen molar-refractivity contribution in [1.82, 2.24) is 29.9 Å². The van der Waals surface area contributed by atoms with Crippen molar-refractivity contribution in [3.8, 4) is 11.4 Å². The van der Waals surface area contributed by atoms with Crippen molar-refractivity contribution >= 4 is 5.91 Å². The number of nitrogens with one attached hydrogen (secondary N) is 1. The lowest BCUT2D eigenvalue weighted by Crippen LogP contribution is -2.33. The van der Waals surface area contributed by atoms with E-state index in [0.29, 0.717) is 0 Å². The van der Waals surface area contributed by atoms with Crippen LogP contribution >= 0.6 is 0 Å². The van der Waals surface area contributed by atoms with E-state index in [1.807, 2.05) is 0 Å². The number of halogens is 3. The van der Waals surface area contributed by atoms with Crippen LogP contribution in [0, 0.1) is 6.92 Å². The van der Waals surface area contributed by atoms with Gasteiger partial charge in [-0.3, -0.25) is 9.59 Å². The van der Waals surface area contributed by atoms with Crippen molar-refractivity contribution in [2.24, 2.45) is 0 Å². The van der Waals surface area contributed by atoms with Gasteiger partial charge in [-0.2, -0.15) is 23.4 Å². The van der Waals surface area contributed by atoms with Crippen LogP contribution < -0.4 is 10.7 Å². The fraction of sp³-hybridized carbons (Fsp3) is 0.174. The van der Waals surface area contributed by atoms with Gasteiger partial charge in [0.05, 0.1) is 23.0 Å². The predicted octanol–water partition coefficient (Wildman–Crippen LogP) is 3.63. The molecule has 0 aliphatic heterocycles. The van der Waals surface area contributed by atoms with Crippen LogP contribution in [0.1, 0.15) is 40.3 Å². The number of aryl methyl sites for hydroxylation is 1. The first-order valence-electron chi connectivity index (χ1n) is 10.2. The maximum absolute atomic E-state index is 13.1. The Labute approximate surface area is 191 Å². The molecule has 0 aliphatic rings. The van der Waals surface area contributed by atoms with E-state index in [4.69, 9.17) is 0 Å². The maximum atomic E-state index is 13.1. The Morgan fingerprint density at radius 1 is 1.06 bits per heavy atom. The summed E-state index contributed by atoms with van der Waals surface area (Å²) in [6.45, 7) is 3.26. The van der Waals surface area contributed by atoms with Gasteiger partial charge in [0, 0.05) is 11.8 Å². The standard InChI is InChI=1S/C23H19F3N6O2/c1-14-10-20(33)21(30-32(14)19-5-3-4-17(11-19)23(24,25)26)22(34)29-15(2)16-6-8-18(9-7-16)31-13-27-12-28-31/h3-13,15H,1-2H3,(H,29,34). The molecule has 0 saturated heterocycles. The second-order valence-electron chi connectivity index (χ2n) is 7.59. The zero-order chi connectivity index (χ0) is 24.5. The molecule has 2 aromatic carbocycles. The second kappa shape index (κ2) is 8.93. The summed E-state index contributed by atoms with van der Waals surface area (Å²) < 4.78 is 42.1. The van der Waals surface area contributed by atoms with Crippen molar-refractivity contribution < 1.29 is 18.0 Å². The summed E-state index contributed by atoms with van der Waals surface area (Å²) >= 11 is 0. The van der Waals surface area contributed by atoms with Crippen LogP contribution in [0.4, 0.5) is 13.2 Å². The molecule has 0 spiro atoms. The molecule has 8 nitrogen and oxygen atoms in total. The number of nitrogens with zero attached hydrogens (tertiary/aromatic N) is 5. The monoisotopic (exact) mass is 468 g/mol. The van der Waals surface area contributed by atoms with Crippen LogP contribution in [0.2, 0.25) is 0 Å². The lowest BCUT2D eigenvalue weighted by Gasteiger charge is -2.16. The first kappa shape index (κ1) is 22.9. The van der Waals surface area contributed by atoms with Gasteiger partial charge in [-0.25, -0.2) is 14.3 Å². The summed E-state index contributed by atoms with van der Waals surface area (Å²) in [6.07, 6.45) is -1.57. The fourth-order valence-corrected chi connectivity index (χ4v) is 3.39. The molecule has 1 N–H and O–H groups in total. The number of rotatable bonds is 5. The van der Waals surface area contributed by atoms with Crippen molar-refractivity contribution in [3.63, 3.8) is 0 Å². The molecule has 2 aromatic heterocycles. The molecule has 174 valence electrons. The number of aromatic nitrogens is 5. The minimum absolute atomic E-state index is 0.0816. The van der Waals surface area contributed by atoms with Gasteiger partial charge in [0.1, 0.15) is 12.7 Å². The van der Waals surface area contributed by atoms with Gasteiger partial charge >= 0.3 is 6.18 Å². The Kier molecular flexibility index (Phi) is 6.01. The molecule has 0 radical (unpaired) electrons. The molecule has 4 aromatic rings. The van der Waals surface area contributed by atoms with E-state index in [1.54, 1.807) is 42.2 Å². The van der Waals surface area contributed by atoms with Gasteiger partial charge in [-0.05, 0) is 49.7 Å². The van der Waals surface area contributed by atoms with Crippen molar-refractivity contribution in [3.05, 3.63) is 100.0 Å². The highest BCUT2D eigenvalue weighted by Gasteiger charge is 2.30. The average molecular weight is 468 g/mol. The Bertz CT molecular complexity index is 1380. The number of amides is 1. The smallest absolute Gasteiger partial charge is 0.344 e. The molecule has 34 heavy (non-hydrogen) atoms. The van der Waals surface area contributed by atoms with E-state index in [2.05, 4.69) is 20.5 Å². The Hall–Kier alpha value is -4.28. The number of carbonyl (C=O) groups is 1. The van der Waals surface area contributed by atoms with Crippen LogP contribution in [-0.2, 0) is 6.18 Å². The largest absolute Gasteiger partial charge is 0.416 e. The maximum Gasteiger partial charge on any atom is 0.416 e. The first-order chi connectivity index (χ1) is 16.1. The van der Waals surface area contributed by atoms with E-state index < -0.39 is 34.8 Å². The highest BCUT2D eigenvalue weighted by atomic mass is 19.4. The Morgan fingerprint density at radius 3 is 2.44 bits per heavy atom. The molecule has 1 atom stereocenters. The van der Waals surface area contributed by atoms with Crippen LogP contribution in [0.25, 0.3) is 11.4 Å². The molecular weight excluding hydrogens is 449 g/mol. The molecule has 0 fully saturated rings. The average Bonchev–Trinajstić information content (AvgIpc) is 3.34. The molecule has 0 aliphatic carbocycles. The number of alkyl halides is 3. The number of carbonyl (C=O) groups excluding carboxylic acids is 1. The Morgan fingerprint density at radius 2 is 1.79 bits per heavy atom. The predicted molar refractivity (Wildman–Crippen MR) is 117 cm³/mol. The SMILES string of the molecule is Cc1cc(=O)c(C(=O)NC(C)c2ccc(-n3cncn3)cc2)nn1-c1cccc(C(F)(F)F)c1. The normalized spacial score (nSPS) is 12.4. The van der Waals surface area contributed by atoms with Crippen LogP contribution in [-0.4, -0.2) is 30.5 Å². The number of hydrogen-bond acceptors (Lipinski definition) is 5. The van der Waals surface area contributed by atoms with Crippen molar-refractivity contribution in [2.45, 2.75) is 26.1 Å². The van der Waals surface area contributed by atoms with Crippen molar-refractivity contribution in [1.29, 1.82) is 0 Å². The van der Waals surface area contributed by atoms with Crippen LogP contribution in [0.5, 0.6) is 0 Å². The quantitative estimate of drug-likeness (QED) is 0.483. The second-order valence-corrected chi connectivity index (χ2v) is 7.59. The molecule has 2 heterocycles. The third-order valence-electron chi connectivity index (χ3n) is 5.16. The molecule has 4 rings (SSSR count). The highest BCUT2D eigenvalue weighted by Crippen LogP contribution is 2.30.